The highest BCUT2D eigenvalue weighted by Gasteiger charge is 2.27. The van der Waals surface area contributed by atoms with Gasteiger partial charge in [-0.05, 0) is 39.0 Å². The lowest BCUT2D eigenvalue weighted by atomic mass is 10.2. The van der Waals surface area contributed by atoms with Crippen molar-refractivity contribution >= 4 is 23.6 Å². The van der Waals surface area contributed by atoms with Crippen molar-refractivity contribution in [3.63, 3.8) is 0 Å². The van der Waals surface area contributed by atoms with Gasteiger partial charge in [0.2, 0.25) is 5.91 Å². The zero-order valence-electron chi connectivity index (χ0n) is 15.0. The first kappa shape index (κ1) is 19.4. The Balaban J connectivity index is 1.71. The Morgan fingerprint density at radius 2 is 1.76 bits per heavy atom. The normalized spacial score (nSPS) is 15.0. The van der Waals surface area contributed by atoms with Gasteiger partial charge in [0.25, 0.3) is 0 Å². The minimum atomic E-state index is -0.512. The number of hydrogen-bond donors (Lipinski definition) is 0. The summed E-state index contributed by atoms with van der Waals surface area (Å²) in [6.45, 7) is 7.79. The zero-order chi connectivity index (χ0) is 18.4. The molecule has 25 heavy (non-hydrogen) atoms. The van der Waals surface area contributed by atoms with Crippen molar-refractivity contribution in [1.29, 1.82) is 0 Å². The van der Waals surface area contributed by atoms with E-state index >= 15 is 0 Å². The Morgan fingerprint density at radius 3 is 2.36 bits per heavy atom. The number of carbonyl (C=O) groups excluding carboxylic acids is 2. The highest BCUT2D eigenvalue weighted by atomic mass is 35.5. The van der Waals surface area contributed by atoms with Crippen molar-refractivity contribution in [3.8, 4) is 5.75 Å². The number of piperazine rings is 1. The van der Waals surface area contributed by atoms with Gasteiger partial charge in [-0.1, -0.05) is 17.7 Å². The first-order valence-electron chi connectivity index (χ1n) is 8.39. The third-order valence-electron chi connectivity index (χ3n) is 3.66. The van der Waals surface area contributed by atoms with Crippen LogP contribution in [-0.4, -0.2) is 60.2 Å². The lowest BCUT2D eigenvalue weighted by Crippen LogP contribution is -2.51. The molecule has 0 aromatic heterocycles. The maximum absolute atomic E-state index is 12.2. The molecular formula is C18H25ClN2O4. The Bertz CT molecular complexity index is 607. The smallest absolute Gasteiger partial charge is 0.410 e. The molecule has 1 fully saturated rings. The van der Waals surface area contributed by atoms with Crippen molar-refractivity contribution in [2.45, 2.75) is 32.8 Å². The predicted molar refractivity (Wildman–Crippen MR) is 96.0 cm³/mol. The van der Waals surface area contributed by atoms with E-state index in [1.165, 1.54) is 0 Å². The summed E-state index contributed by atoms with van der Waals surface area (Å²) in [4.78, 5) is 27.7. The molecule has 1 heterocycles. The van der Waals surface area contributed by atoms with E-state index in [-0.39, 0.29) is 12.0 Å². The van der Waals surface area contributed by atoms with Crippen LogP contribution in [0.25, 0.3) is 0 Å². The van der Waals surface area contributed by atoms with Crippen LogP contribution in [0, 0.1) is 0 Å². The monoisotopic (exact) mass is 368 g/mol. The first-order chi connectivity index (χ1) is 11.7. The molecule has 1 aliphatic rings. The minimum Gasteiger partial charge on any atom is -0.493 e. The summed E-state index contributed by atoms with van der Waals surface area (Å²) in [5.41, 5.74) is -0.512. The van der Waals surface area contributed by atoms with Gasteiger partial charge in [0.05, 0.1) is 13.0 Å². The van der Waals surface area contributed by atoms with E-state index in [4.69, 9.17) is 21.1 Å². The molecule has 0 bridgehead atoms. The van der Waals surface area contributed by atoms with E-state index in [2.05, 4.69) is 0 Å². The second kappa shape index (κ2) is 8.43. The average molecular weight is 369 g/mol. The van der Waals surface area contributed by atoms with Crippen molar-refractivity contribution in [3.05, 3.63) is 29.3 Å². The molecule has 0 atom stereocenters. The highest BCUT2D eigenvalue weighted by Crippen LogP contribution is 2.17. The molecule has 0 spiro atoms. The standard InChI is InChI=1S/C18H25ClN2O4/c1-18(2,3)25-17(23)21-10-8-20(9-11-21)16(22)7-12-24-15-6-4-5-14(19)13-15/h4-6,13H,7-12H2,1-3H3. The highest BCUT2D eigenvalue weighted by molar-refractivity contribution is 6.30. The molecule has 1 aromatic rings. The van der Waals surface area contributed by atoms with Crippen molar-refractivity contribution in [2.24, 2.45) is 0 Å². The van der Waals surface area contributed by atoms with Crippen LogP contribution in [0.2, 0.25) is 5.02 Å². The van der Waals surface area contributed by atoms with Crippen LogP contribution in [-0.2, 0) is 9.53 Å². The van der Waals surface area contributed by atoms with Crippen LogP contribution in [0.5, 0.6) is 5.75 Å². The van der Waals surface area contributed by atoms with Crippen LogP contribution in [0.1, 0.15) is 27.2 Å². The number of rotatable bonds is 4. The molecule has 1 aliphatic heterocycles. The summed E-state index contributed by atoms with van der Waals surface area (Å²) < 4.78 is 10.9. The molecule has 0 saturated carbocycles. The SMILES string of the molecule is CC(C)(C)OC(=O)N1CCN(C(=O)CCOc2cccc(Cl)c2)CC1. The van der Waals surface area contributed by atoms with Gasteiger partial charge in [-0.2, -0.15) is 0 Å². The van der Waals surface area contributed by atoms with Crippen LogP contribution in [0.3, 0.4) is 0 Å². The molecule has 0 unspecified atom stereocenters. The number of nitrogens with zero attached hydrogens (tertiary/aromatic N) is 2. The molecule has 0 aliphatic carbocycles. The summed E-state index contributed by atoms with van der Waals surface area (Å²) in [7, 11) is 0. The molecule has 1 saturated heterocycles. The van der Waals surface area contributed by atoms with Crippen molar-refractivity contribution in [1.82, 2.24) is 9.80 Å². The Morgan fingerprint density at radius 1 is 1.12 bits per heavy atom. The largest absolute Gasteiger partial charge is 0.493 e. The van der Waals surface area contributed by atoms with Crippen molar-refractivity contribution in [2.75, 3.05) is 32.8 Å². The second-order valence-corrected chi connectivity index (χ2v) is 7.34. The molecule has 2 amide bonds. The first-order valence-corrected chi connectivity index (χ1v) is 8.76. The van der Waals surface area contributed by atoms with E-state index in [1.807, 2.05) is 20.8 Å². The van der Waals surface area contributed by atoms with Gasteiger partial charge < -0.3 is 19.3 Å². The maximum atomic E-state index is 12.2. The van der Waals surface area contributed by atoms with Crippen LogP contribution < -0.4 is 4.74 Å². The number of amides is 2. The van der Waals surface area contributed by atoms with Gasteiger partial charge in [-0.3, -0.25) is 4.79 Å². The quantitative estimate of drug-likeness (QED) is 0.818. The fourth-order valence-electron chi connectivity index (χ4n) is 2.44. The van der Waals surface area contributed by atoms with Crippen LogP contribution in [0.4, 0.5) is 4.79 Å². The molecule has 7 heteroatoms. The topological polar surface area (TPSA) is 59.1 Å². The minimum absolute atomic E-state index is 0.0193. The lowest BCUT2D eigenvalue weighted by molar-refractivity contribution is -0.133. The van der Waals surface area contributed by atoms with Gasteiger partial charge in [-0.15, -0.1) is 0 Å². The number of benzene rings is 1. The summed E-state index contributed by atoms with van der Waals surface area (Å²) in [5.74, 6) is 0.668. The van der Waals surface area contributed by atoms with Gasteiger partial charge in [0.15, 0.2) is 0 Å². The Kier molecular flexibility index (Phi) is 6.53. The molecule has 1 aromatic carbocycles. The summed E-state index contributed by atoms with van der Waals surface area (Å²) in [5, 5.41) is 0.599. The molecule has 2 rings (SSSR count). The number of ether oxygens (including phenoxy) is 2. The van der Waals surface area contributed by atoms with E-state index in [1.54, 1.807) is 34.1 Å². The molecule has 6 nitrogen and oxygen atoms in total. The summed E-state index contributed by atoms with van der Waals surface area (Å²) >= 11 is 5.89. The molecular weight excluding hydrogens is 344 g/mol. The van der Waals surface area contributed by atoms with E-state index in [0.717, 1.165) is 0 Å². The van der Waals surface area contributed by atoms with Gasteiger partial charge >= 0.3 is 6.09 Å². The zero-order valence-corrected chi connectivity index (χ0v) is 15.7. The van der Waals surface area contributed by atoms with E-state index in [0.29, 0.717) is 50.0 Å². The predicted octanol–water partition coefficient (Wildman–Crippen LogP) is 3.19. The lowest BCUT2D eigenvalue weighted by Gasteiger charge is -2.35. The fourth-order valence-corrected chi connectivity index (χ4v) is 2.62. The van der Waals surface area contributed by atoms with Gasteiger partial charge in [0.1, 0.15) is 11.4 Å². The fraction of sp³-hybridized carbons (Fsp3) is 0.556. The number of carbonyl (C=O) groups is 2. The average Bonchev–Trinajstić information content (AvgIpc) is 2.53. The van der Waals surface area contributed by atoms with Gasteiger partial charge in [-0.25, -0.2) is 4.79 Å². The maximum Gasteiger partial charge on any atom is 0.410 e. The summed E-state index contributed by atoms with van der Waals surface area (Å²) in [6.07, 6.45) is -0.0391. The van der Waals surface area contributed by atoms with E-state index < -0.39 is 5.60 Å². The second-order valence-electron chi connectivity index (χ2n) is 6.90. The molecule has 0 radical (unpaired) electrons. The number of halogens is 1. The van der Waals surface area contributed by atoms with Gasteiger partial charge in [0, 0.05) is 31.2 Å². The third kappa shape index (κ3) is 6.46. The number of hydrogen-bond acceptors (Lipinski definition) is 4. The van der Waals surface area contributed by atoms with Crippen LogP contribution in [0.15, 0.2) is 24.3 Å². The Hall–Kier alpha value is -1.95. The molecule has 0 N–H and O–H groups in total. The van der Waals surface area contributed by atoms with Crippen molar-refractivity contribution < 1.29 is 19.1 Å². The Labute approximate surface area is 153 Å². The third-order valence-corrected chi connectivity index (χ3v) is 3.90. The summed E-state index contributed by atoms with van der Waals surface area (Å²) in [6, 6.07) is 7.08. The van der Waals surface area contributed by atoms with E-state index in [9.17, 15) is 9.59 Å². The van der Waals surface area contributed by atoms with Crippen LogP contribution >= 0.6 is 11.6 Å². The molecule has 138 valence electrons.